The molecule has 1 aliphatic heterocycles. The number of amides is 1. The van der Waals surface area contributed by atoms with Crippen molar-refractivity contribution in [3.63, 3.8) is 0 Å². The molecule has 0 aromatic heterocycles. The Morgan fingerprint density at radius 2 is 1.89 bits per heavy atom. The standard InChI is InChI=1S/C19H24BN3O5/c21-9-13-5-1-3-11(15(13)10-22)8-17(24)23-16-7-12-4-2-6-14(19(25)26)18(12)28-20(16)27/h1-6,16,19,25-27H,7-10,21-22H2,(H,23,24)/t16-/m0/s1. The number of aliphatic hydroxyl groups is 2. The zero-order chi connectivity index (χ0) is 20.3. The van der Waals surface area contributed by atoms with Gasteiger partial charge >= 0.3 is 7.12 Å². The summed E-state index contributed by atoms with van der Waals surface area (Å²) in [5.41, 5.74) is 14.9. The van der Waals surface area contributed by atoms with Crippen LogP contribution in [-0.4, -0.2) is 34.2 Å². The molecule has 1 heterocycles. The molecule has 8 nitrogen and oxygen atoms in total. The van der Waals surface area contributed by atoms with E-state index >= 15 is 0 Å². The van der Waals surface area contributed by atoms with Crippen molar-refractivity contribution in [1.29, 1.82) is 0 Å². The minimum absolute atomic E-state index is 0.103. The first-order chi connectivity index (χ1) is 13.4. The summed E-state index contributed by atoms with van der Waals surface area (Å²) in [4.78, 5) is 12.6. The number of para-hydroxylation sites is 1. The lowest BCUT2D eigenvalue weighted by Crippen LogP contribution is -2.53. The molecule has 1 aliphatic rings. The van der Waals surface area contributed by atoms with Crippen LogP contribution in [0, 0.1) is 0 Å². The van der Waals surface area contributed by atoms with Gasteiger partial charge in [-0.3, -0.25) is 4.79 Å². The van der Waals surface area contributed by atoms with Crippen LogP contribution in [0.1, 0.15) is 34.1 Å². The summed E-state index contributed by atoms with van der Waals surface area (Å²) >= 11 is 0. The fourth-order valence-electron chi connectivity index (χ4n) is 3.51. The van der Waals surface area contributed by atoms with Crippen LogP contribution in [0.25, 0.3) is 0 Å². The number of benzene rings is 2. The second kappa shape index (κ2) is 8.72. The highest BCUT2D eigenvalue weighted by Gasteiger charge is 2.37. The monoisotopic (exact) mass is 385 g/mol. The maximum atomic E-state index is 12.6. The van der Waals surface area contributed by atoms with Gasteiger partial charge in [0.2, 0.25) is 5.91 Å². The van der Waals surface area contributed by atoms with Crippen molar-refractivity contribution in [3.05, 3.63) is 64.2 Å². The van der Waals surface area contributed by atoms with Gasteiger partial charge < -0.3 is 36.7 Å². The number of aliphatic hydroxyl groups excluding tert-OH is 1. The molecule has 0 saturated heterocycles. The predicted molar refractivity (Wildman–Crippen MR) is 104 cm³/mol. The zero-order valence-electron chi connectivity index (χ0n) is 15.3. The topological polar surface area (TPSA) is 151 Å². The molecule has 1 atom stereocenters. The molecule has 0 bridgehead atoms. The highest BCUT2D eigenvalue weighted by atomic mass is 16.5. The van der Waals surface area contributed by atoms with Gasteiger partial charge in [-0.05, 0) is 28.7 Å². The second-order valence-corrected chi connectivity index (χ2v) is 6.74. The van der Waals surface area contributed by atoms with Crippen LogP contribution in [-0.2, 0) is 30.7 Å². The molecule has 0 fully saturated rings. The molecule has 28 heavy (non-hydrogen) atoms. The fraction of sp³-hybridized carbons (Fsp3) is 0.316. The molecule has 3 rings (SSSR count). The van der Waals surface area contributed by atoms with Crippen molar-refractivity contribution in [2.24, 2.45) is 11.5 Å². The number of fused-ring (bicyclic) bond motifs is 1. The van der Waals surface area contributed by atoms with E-state index in [2.05, 4.69) is 5.32 Å². The second-order valence-electron chi connectivity index (χ2n) is 6.74. The number of nitrogens with one attached hydrogen (secondary N) is 1. The van der Waals surface area contributed by atoms with Gasteiger partial charge in [0, 0.05) is 18.7 Å². The number of hydrogen-bond acceptors (Lipinski definition) is 7. The van der Waals surface area contributed by atoms with E-state index in [0.717, 1.165) is 16.7 Å². The summed E-state index contributed by atoms with van der Waals surface area (Å²) in [5, 5.41) is 31.9. The van der Waals surface area contributed by atoms with Crippen LogP contribution in [0.3, 0.4) is 0 Å². The Morgan fingerprint density at radius 1 is 1.18 bits per heavy atom. The summed E-state index contributed by atoms with van der Waals surface area (Å²) in [6.07, 6.45) is -1.31. The fourth-order valence-corrected chi connectivity index (χ4v) is 3.51. The summed E-state index contributed by atoms with van der Waals surface area (Å²) in [5.74, 6) is -0.708. The third-order valence-corrected chi connectivity index (χ3v) is 4.92. The lowest BCUT2D eigenvalue weighted by Gasteiger charge is -2.30. The minimum atomic E-state index is -1.71. The van der Waals surface area contributed by atoms with Gasteiger partial charge in [-0.25, -0.2) is 0 Å². The lowest BCUT2D eigenvalue weighted by molar-refractivity contribution is -0.120. The maximum Gasteiger partial charge on any atom is 0.547 e. The Morgan fingerprint density at radius 3 is 2.57 bits per heavy atom. The Hall–Kier alpha value is -2.43. The van der Waals surface area contributed by atoms with Gasteiger partial charge in [-0.15, -0.1) is 0 Å². The molecule has 0 unspecified atom stereocenters. The average Bonchev–Trinajstić information content (AvgIpc) is 2.67. The number of carbonyl (C=O) groups excluding carboxylic acids is 1. The Bertz CT molecular complexity index is 861. The van der Waals surface area contributed by atoms with Crippen LogP contribution in [0.4, 0.5) is 0 Å². The van der Waals surface area contributed by atoms with Crippen LogP contribution in [0.15, 0.2) is 36.4 Å². The van der Waals surface area contributed by atoms with Crippen molar-refractivity contribution >= 4 is 13.0 Å². The predicted octanol–water partition coefficient (Wildman–Crippen LogP) is -0.731. The Kier molecular flexibility index (Phi) is 6.33. The number of hydrogen-bond donors (Lipinski definition) is 6. The smallest absolute Gasteiger partial charge is 0.534 e. The molecule has 0 saturated carbocycles. The van der Waals surface area contributed by atoms with Crippen molar-refractivity contribution in [2.75, 3.05) is 0 Å². The number of nitrogens with two attached hydrogens (primary N) is 2. The zero-order valence-corrected chi connectivity index (χ0v) is 15.3. The number of rotatable bonds is 6. The van der Waals surface area contributed by atoms with Crippen molar-refractivity contribution in [1.82, 2.24) is 5.32 Å². The first kappa shape index (κ1) is 20.3. The van der Waals surface area contributed by atoms with E-state index in [1.807, 2.05) is 18.2 Å². The first-order valence-electron chi connectivity index (χ1n) is 9.06. The van der Waals surface area contributed by atoms with Crippen LogP contribution in [0.5, 0.6) is 5.75 Å². The third kappa shape index (κ3) is 4.19. The summed E-state index contributed by atoms with van der Waals surface area (Å²) in [7, 11) is -1.30. The Balaban J connectivity index is 1.73. The molecule has 1 amide bonds. The SMILES string of the molecule is NCc1cccc(CC(=O)N[C@H]2Cc3cccc(C(O)O)c3OB2O)c1CN. The van der Waals surface area contributed by atoms with E-state index < -0.39 is 19.3 Å². The summed E-state index contributed by atoms with van der Waals surface area (Å²) < 4.78 is 5.45. The van der Waals surface area contributed by atoms with Crippen molar-refractivity contribution < 1.29 is 24.7 Å². The van der Waals surface area contributed by atoms with Crippen LogP contribution < -0.4 is 21.4 Å². The van der Waals surface area contributed by atoms with E-state index in [4.69, 9.17) is 16.1 Å². The van der Waals surface area contributed by atoms with Gasteiger partial charge in [0.15, 0.2) is 6.29 Å². The van der Waals surface area contributed by atoms with Crippen molar-refractivity contribution in [3.8, 4) is 5.75 Å². The average molecular weight is 385 g/mol. The van der Waals surface area contributed by atoms with E-state index in [0.29, 0.717) is 18.5 Å². The quantitative estimate of drug-likeness (QED) is 0.283. The molecule has 0 aliphatic carbocycles. The van der Waals surface area contributed by atoms with Crippen molar-refractivity contribution in [2.45, 2.75) is 38.2 Å². The largest absolute Gasteiger partial charge is 0.547 e. The molecule has 8 N–H and O–H groups in total. The molecular weight excluding hydrogens is 361 g/mol. The normalized spacial score (nSPS) is 15.9. The van der Waals surface area contributed by atoms with Gasteiger partial charge in [0.05, 0.1) is 12.4 Å². The van der Waals surface area contributed by atoms with E-state index in [9.17, 15) is 20.0 Å². The summed E-state index contributed by atoms with van der Waals surface area (Å²) in [6.45, 7) is 0.623. The van der Waals surface area contributed by atoms with Gasteiger partial charge in [-0.1, -0.05) is 36.4 Å². The first-order valence-corrected chi connectivity index (χ1v) is 9.06. The van der Waals surface area contributed by atoms with Crippen LogP contribution >= 0.6 is 0 Å². The number of carbonyl (C=O) groups is 1. The Labute approximate surface area is 163 Å². The van der Waals surface area contributed by atoms with E-state index in [1.165, 1.54) is 6.07 Å². The van der Waals surface area contributed by atoms with Gasteiger partial charge in [0.25, 0.3) is 0 Å². The molecule has 9 heteroatoms. The highest BCUT2D eigenvalue weighted by molar-refractivity contribution is 6.46. The molecule has 148 valence electrons. The molecule has 2 aromatic rings. The molecule has 2 aromatic carbocycles. The molecule has 0 radical (unpaired) electrons. The lowest BCUT2D eigenvalue weighted by atomic mass is 9.72. The molecular formula is C19H24BN3O5. The van der Waals surface area contributed by atoms with E-state index in [-0.39, 0.29) is 30.2 Å². The van der Waals surface area contributed by atoms with E-state index in [1.54, 1.807) is 12.1 Å². The highest BCUT2D eigenvalue weighted by Crippen LogP contribution is 2.33. The van der Waals surface area contributed by atoms with Gasteiger partial charge in [0.1, 0.15) is 5.75 Å². The van der Waals surface area contributed by atoms with Gasteiger partial charge in [-0.2, -0.15) is 0 Å². The summed E-state index contributed by atoms with van der Waals surface area (Å²) in [6, 6.07) is 10.5. The maximum absolute atomic E-state index is 12.6. The van der Waals surface area contributed by atoms with Crippen LogP contribution in [0.2, 0.25) is 0 Å². The minimum Gasteiger partial charge on any atom is -0.534 e. The third-order valence-electron chi connectivity index (χ3n) is 4.92. The molecule has 0 spiro atoms.